The number of nitrogens with one attached hydrogen (secondary N) is 2. The Hall–Kier alpha value is -1.65. The van der Waals surface area contributed by atoms with E-state index in [1.54, 1.807) is 0 Å². The lowest BCUT2D eigenvalue weighted by molar-refractivity contribution is -0.136. The van der Waals surface area contributed by atoms with Gasteiger partial charge in [0.2, 0.25) is 5.91 Å². The lowest BCUT2D eigenvalue weighted by atomic mass is 9.73. The third kappa shape index (κ3) is 3.97. The Balaban J connectivity index is 1.43. The molecule has 1 amide bonds. The quantitative estimate of drug-likeness (QED) is 0.699. The molecule has 0 radical (unpaired) electrons. The molecule has 2 bridgehead atoms. The van der Waals surface area contributed by atoms with Crippen molar-refractivity contribution >= 4 is 12.0 Å². The number of hydrogen-bond donors (Lipinski definition) is 2. The third-order valence-corrected chi connectivity index (χ3v) is 8.42. The molecule has 30 heavy (non-hydrogen) atoms. The van der Waals surface area contributed by atoms with E-state index < -0.39 is 0 Å². The zero-order valence-corrected chi connectivity index (χ0v) is 18.2. The molecule has 4 nitrogen and oxygen atoms in total. The van der Waals surface area contributed by atoms with Crippen molar-refractivity contribution in [2.45, 2.75) is 82.8 Å². The van der Waals surface area contributed by atoms with E-state index in [0.717, 1.165) is 18.0 Å². The molecular formula is C26H37N3O. The van der Waals surface area contributed by atoms with Gasteiger partial charge in [0.25, 0.3) is 0 Å². The van der Waals surface area contributed by atoms with Crippen molar-refractivity contribution in [2.24, 2.45) is 17.3 Å². The van der Waals surface area contributed by atoms with Crippen molar-refractivity contribution in [3.05, 3.63) is 42.0 Å². The molecule has 162 valence electrons. The predicted octanol–water partition coefficient (Wildman–Crippen LogP) is 4.88. The maximum Gasteiger partial charge on any atom is 0.248 e. The Morgan fingerprint density at radius 2 is 1.77 bits per heavy atom. The van der Waals surface area contributed by atoms with E-state index in [-0.39, 0.29) is 17.5 Å². The van der Waals surface area contributed by atoms with Gasteiger partial charge in [-0.15, -0.1) is 0 Å². The minimum Gasteiger partial charge on any atom is -0.319 e. The zero-order valence-electron chi connectivity index (χ0n) is 18.2. The van der Waals surface area contributed by atoms with Crippen LogP contribution in [0.4, 0.5) is 0 Å². The first kappa shape index (κ1) is 20.3. The van der Waals surface area contributed by atoms with E-state index in [9.17, 15) is 4.79 Å². The minimum absolute atomic E-state index is 0.118. The van der Waals surface area contributed by atoms with Crippen LogP contribution in [0.1, 0.15) is 76.2 Å². The molecule has 1 aromatic rings. The molecule has 1 saturated heterocycles. The maximum absolute atomic E-state index is 13.7. The molecule has 4 unspecified atom stereocenters. The van der Waals surface area contributed by atoms with Gasteiger partial charge in [-0.1, -0.05) is 68.9 Å². The minimum atomic E-state index is 0.118. The van der Waals surface area contributed by atoms with E-state index in [2.05, 4.69) is 27.9 Å². The van der Waals surface area contributed by atoms with Gasteiger partial charge in [-0.3, -0.25) is 10.2 Å². The number of benzene rings is 1. The third-order valence-electron chi connectivity index (χ3n) is 8.42. The van der Waals surface area contributed by atoms with Crippen LogP contribution in [-0.2, 0) is 4.79 Å². The highest BCUT2D eigenvalue weighted by atomic mass is 16.2. The van der Waals surface area contributed by atoms with Gasteiger partial charge >= 0.3 is 0 Å². The van der Waals surface area contributed by atoms with Gasteiger partial charge in [0.1, 0.15) is 6.17 Å². The predicted molar refractivity (Wildman–Crippen MR) is 121 cm³/mol. The van der Waals surface area contributed by atoms with Gasteiger partial charge in [-0.25, -0.2) is 5.43 Å². The smallest absolute Gasteiger partial charge is 0.248 e. The van der Waals surface area contributed by atoms with Crippen molar-refractivity contribution in [3.8, 4) is 0 Å². The molecule has 4 heteroatoms. The number of hydrazine groups is 1. The van der Waals surface area contributed by atoms with Gasteiger partial charge in [0.05, 0.1) is 0 Å². The van der Waals surface area contributed by atoms with Crippen LogP contribution in [0.15, 0.2) is 36.4 Å². The molecular weight excluding hydrogens is 370 g/mol. The van der Waals surface area contributed by atoms with Gasteiger partial charge in [-0.2, -0.15) is 0 Å². The van der Waals surface area contributed by atoms with Crippen LogP contribution >= 0.6 is 0 Å². The molecule has 1 heterocycles. The number of fused-ring (bicyclic) bond motifs is 2. The van der Waals surface area contributed by atoms with Crippen molar-refractivity contribution in [2.75, 3.05) is 6.54 Å². The highest BCUT2D eigenvalue weighted by Gasteiger charge is 2.52. The molecule has 4 fully saturated rings. The van der Waals surface area contributed by atoms with Crippen molar-refractivity contribution in [3.63, 3.8) is 0 Å². The monoisotopic (exact) mass is 407 g/mol. The molecule has 0 aromatic heterocycles. The largest absolute Gasteiger partial charge is 0.319 e. The Bertz CT molecular complexity index is 753. The summed E-state index contributed by atoms with van der Waals surface area (Å²) in [5, 5.41) is 0. The van der Waals surface area contributed by atoms with Crippen LogP contribution in [0.5, 0.6) is 0 Å². The summed E-state index contributed by atoms with van der Waals surface area (Å²) in [6.45, 7) is 0.991. The molecule has 2 N–H and O–H groups in total. The van der Waals surface area contributed by atoms with E-state index in [1.807, 2.05) is 30.4 Å². The normalized spacial score (nSPS) is 33.1. The average molecular weight is 408 g/mol. The van der Waals surface area contributed by atoms with Crippen LogP contribution in [0.3, 0.4) is 0 Å². The summed E-state index contributed by atoms with van der Waals surface area (Å²) in [6.07, 6.45) is 18.2. The standard InChI is InChI=1S/C26H37N3O/c30-24(14-12-20-9-5-4-6-10-20)29(23-18-21-11-13-22(23)17-21)25-26(19-27-28-25)15-7-2-1-3-8-16-26/h4-6,9-10,12,14,21-23,25,27-28H,1-3,7-8,11,13,15-19H2/b14-12+. The highest BCUT2D eigenvalue weighted by Crippen LogP contribution is 2.49. The van der Waals surface area contributed by atoms with Gasteiger partial charge in [0, 0.05) is 24.1 Å². The maximum atomic E-state index is 13.7. The van der Waals surface area contributed by atoms with Crippen molar-refractivity contribution in [1.29, 1.82) is 0 Å². The molecule has 3 saturated carbocycles. The van der Waals surface area contributed by atoms with Crippen LogP contribution in [0, 0.1) is 17.3 Å². The average Bonchev–Trinajstić information content (AvgIpc) is 3.47. The van der Waals surface area contributed by atoms with E-state index in [4.69, 9.17) is 0 Å². The SMILES string of the molecule is O=C(/C=C/c1ccccc1)N(C1CC2CCC1C2)C1NNCC12CCCCCCC2. The fourth-order valence-corrected chi connectivity index (χ4v) is 6.85. The first-order valence-corrected chi connectivity index (χ1v) is 12.3. The molecule has 4 aliphatic rings. The van der Waals surface area contributed by atoms with E-state index in [0.29, 0.717) is 12.0 Å². The number of hydrogen-bond acceptors (Lipinski definition) is 3. The summed E-state index contributed by atoms with van der Waals surface area (Å²) in [7, 11) is 0. The fourth-order valence-electron chi connectivity index (χ4n) is 6.85. The van der Waals surface area contributed by atoms with Gasteiger partial charge in [0.15, 0.2) is 0 Å². The van der Waals surface area contributed by atoms with E-state index in [1.165, 1.54) is 70.6 Å². The van der Waals surface area contributed by atoms with Crippen LogP contribution in [0.2, 0.25) is 0 Å². The zero-order chi connectivity index (χ0) is 20.4. The molecule has 1 spiro atoms. The Labute approximate surface area is 181 Å². The number of amides is 1. The second-order valence-electron chi connectivity index (χ2n) is 10.3. The Morgan fingerprint density at radius 3 is 2.47 bits per heavy atom. The molecule has 1 aromatic carbocycles. The van der Waals surface area contributed by atoms with E-state index >= 15 is 0 Å². The summed E-state index contributed by atoms with van der Waals surface area (Å²) in [5.41, 5.74) is 8.37. The second kappa shape index (κ2) is 8.84. The summed E-state index contributed by atoms with van der Waals surface area (Å²) in [6, 6.07) is 10.6. The Morgan fingerprint density at radius 1 is 1.00 bits per heavy atom. The molecule has 4 atom stereocenters. The van der Waals surface area contributed by atoms with Crippen molar-refractivity contribution < 1.29 is 4.79 Å². The highest BCUT2D eigenvalue weighted by molar-refractivity contribution is 5.92. The van der Waals surface area contributed by atoms with Crippen LogP contribution in [0.25, 0.3) is 6.08 Å². The van der Waals surface area contributed by atoms with Crippen LogP contribution in [-0.4, -0.2) is 29.6 Å². The first-order chi connectivity index (χ1) is 14.8. The van der Waals surface area contributed by atoms with Gasteiger partial charge in [-0.05, 0) is 55.6 Å². The number of carbonyl (C=O) groups excluding carboxylic acids is 1. The summed E-state index contributed by atoms with van der Waals surface area (Å²) >= 11 is 0. The van der Waals surface area contributed by atoms with Crippen molar-refractivity contribution in [1.82, 2.24) is 15.8 Å². The molecule has 3 aliphatic carbocycles. The topological polar surface area (TPSA) is 44.4 Å². The molecule has 1 aliphatic heterocycles. The number of rotatable bonds is 4. The fraction of sp³-hybridized carbons (Fsp3) is 0.654. The summed E-state index contributed by atoms with van der Waals surface area (Å²) in [5.74, 6) is 1.71. The lowest BCUT2D eigenvalue weighted by Gasteiger charge is -2.46. The second-order valence-corrected chi connectivity index (χ2v) is 10.3. The van der Waals surface area contributed by atoms with Gasteiger partial charge < -0.3 is 4.90 Å². The Kier molecular flexibility index (Phi) is 5.97. The number of carbonyl (C=O) groups is 1. The number of nitrogens with zero attached hydrogens (tertiary/aromatic N) is 1. The van der Waals surface area contributed by atoms with Crippen LogP contribution < -0.4 is 10.9 Å². The first-order valence-electron chi connectivity index (χ1n) is 12.3. The molecule has 5 rings (SSSR count). The summed E-state index contributed by atoms with van der Waals surface area (Å²) < 4.78 is 0. The lowest BCUT2D eigenvalue weighted by Crippen LogP contribution is -2.59. The summed E-state index contributed by atoms with van der Waals surface area (Å²) in [4.78, 5) is 16.0.